The lowest BCUT2D eigenvalue weighted by Crippen LogP contribution is -2.35. The van der Waals surface area contributed by atoms with Crippen molar-refractivity contribution in [2.75, 3.05) is 20.1 Å². The molecule has 6 nitrogen and oxygen atoms in total. The number of hydrogen-bond acceptors (Lipinski definition) is 4. The van der Waals surface area contributed by atoms with Crippen molar-refractivity contribution in [2.24, 2.45) is 5.92 Å². The van der Waals surface area contributed by atoms with Gasteiger partial charge in [-0.1, -0.05) is 49.4 Å². The van der Waals surface area contributed by atoms with Gasteiger partial charge in [0.1, 0.15) is 0 Å². The topological polar surface area (TPSA) is 63.1 Å². The maximum Gasteiger partial charge on any atom is 0.276 e. The van der Waals surface area contributed by atoms with Crippen LogP contribution < -0.4 is 5.32 Å². The zero-order chi connectivity index (χ0) is 18.7. The number of nitrogens with zero attached hydrogens (tertiary/aromatic N) is 4. The second kappa shape index (κ2) is 7.99. The molecule has 0 aliphatic carbocycles. The fourth-order valence-electron chi connectivity index (χ4n) is 3.94. The van der Waals surface area contributed by atoms with Crippen LogP contribution in [0.3, 0.4) is 0 Å². The first-order valence-corrected chi connectivity index (χ1v) is 9.45. The van der Waals surface area contributed by atoms with Crippen LogP contribution in [0.1, 0.15) is 60.5 Å². The molecule has 0 bridgehead atoms. The molecule has 1 aliphatic heterocycles. The third-order valence-electron chi connectivity index (χ3n) is 5.29. The Bertz CT molecular complexity index is 734. The van der Waals surface area contributed by atoms with Crippen molar-refractivity contribution in [3.05, 3.63) is 47.3 Å². The second-order valence-corrected chi connectivity index (χ2v) is 7.46. The van der Waals surface area contributed by atoms with E-state index in [-0.39, 0.29) is 11.9 Å². The number of hydrogen-bond donors (Lipinski definition) is 1. The summed E-state index contributed by atoms with van der Waals surface area (Å²) in [6, 6.07) is 10.5. The quantitative estimate of drug-likeness (QED) is 0.896. The maximum absolute atomic E-state index is 13.2. The predicted octanol–water partition coefficient (Wildman–Crippen LogP) is 2.98. The lowest BCUT2D eigenvalue weighted by molar-refractivity contribution is 0.0680. The number of carbonyl (C=O) groups is 1. The highest BCUT2D eigenvalue weighted by Crippen LogP contribution is 2.29. The van der Waals surface area contributed by atoms with E-state index in [9.17, 15) is 4.79 Å². The monoisotopic (exact) mass is 355 g/mol. The fraction of sp³-hybridized carbons (Fsp3) is 0.550. The average molecular weight is 355 g/mol. The van der Waals surface area contributed by atoms with Crippen LogP contribution in [0, 0.1) is 12.8 Å². The summed E-state index contributed by atoms with van der Waals surface area (Å²) in [4.78, 5) is 15.0. The number of amides is 1. The number of carbonyl (C=O) groups excluding carboxylic acids is 1. The fourth-order valence-corrected chi connectivity index (χ4v) is 3.94. The minimum Gasteiger partial charge on any atom is -0.333 e. The molecular weight excluding hydrogens is 326 g/mol. The summed E-state index contributed by atoms with van der Waals surface area (Å²) < 4.78 is 1.94. The maximum atomic E-state index is 13.2. The standard InChI is InChI=1S/C20H29N5O/c1-14(2)19(16-8-6-5-7-9-16)24(4)20(26)18-15(3)25(23-22-18)17-10-12-21-13-11-17/h5-9,14,17,19,21H,10-13H2,1-4H3. The largest absolute Gasteiger partial charge is 0.333 e. The van der Waals surface area contributed by atoms with Gasteiger partial charge in [0.25, 0.3) is 5.91 Å². The van der Waals surface area contributed by atoms with Crippen LogP contribution in [0.4, 0.5) is 0 Å². The Hall–Kier alpha value is -2.21. The van der Waals surface area contributed by atoms with Gasteiger partial charge in [0.15, 0.2) is 5.69 Å². The Morgan fingerprint density at radius 1 is 1.23 bits per heavy atom. The van der Waals surface area contributed by atoms with Crippen LogP contribution >= 0.6 is 0 Å². The molecule has 1 fully saturated rings. The van der Waals surface area contributed by atoms with E-state index in [1.165, 1.54) is 0 Å². The van der Waals surface area contributed by atoms with Crippen molar-refractivity contribution in [1.29, 1.82) is 0 Å². The Kier molecular flexibility index (Phi) is 5.71. The van der Waals surface area contributed by atoms with E-state index < -0.39 is 0 Å². The number of rotatable bonds is 5. The molecule has 2 heterocycles. The summed E-state index contributed by atoms with van der Waals surface area (Å²) in [6.45, 7) is 8.20. The van der Waals surface area contributed by atoms with E-state index in [0.717, 1.165) is 37.2 Å². The minimum atomic E-state index is -0.0646. The highest BCUT2D eigenvalue weighted by Gasteiger charge is 2.30. The van der Waals surface area contributed by atoms with E-state index in [4.69, 9.17) is 0 Å². The first kappa shape index (κ1) is 18.6. The molecule has 1 aliphatic rings. The third kappa shape index (κ3) is 3.65. The summed E-state index contributed by atoms with van der Waals surface area (Å²) in [5.74, 6) is 0.233. The normalized spacial score (nSPS) is 16.7. The predicted molar refractivity (Wildman–Crippen MR) is 102 cm³/mol. The van der Waals surface area contributed by atoms with Gasteiger partial charge in [0.05, 0.1) is 17.8 Å². The van der Waals surface area contributed by atoms with Gasteiger partial charge in [-0.05, 0) is 44.3 Å². The molecule has 1 saturated heterocycles. The Morgan fingerprint density at radius 2 is 1.88 bits per heavy atom. The number of benzene rings is 1. The molecule has 26 heavy (non-hydrogen) atoms. The van der Waals surface area contributed by atoms with Crippen LogP contribution in [-0.4, -0.2) is 45.9 Å². The van der Waals surface area contributed by atoms with Crippen LogP contribution in [0.2, 0.25) is 0 Å². The molecule has 0 saturated carbocycles. The molecule has 2 aromatic rings. The molecule has 140 valence electrons. The summed E-state index contributed by atoms with van der Waals surface area (Å²) in [5.41, 5.74) is 2.47. The smallest absolute Gasteiger partial charge is 0.276 e. The second-order valence-electron chi connectivity index (χ2n) is 7.46. The van der Waals surface area contributed by atoms with Gasteiger partial charge >= 0.3 is 0 Å². The molecule has 1 aromatic carbocycles. The number of piperidine rings is 1. The summed E-state index contributed by atoms with van der Waals surface area (Å²) >= 11 is 0. The summed E-state index contributed by atoms with van der Waals surface area (Å²) in [7, 11) is 1.86. The molecular formula is C20H29N5O. The Balaban J connectivity index is 1.85. The highest BCUT2D eigenvalue weighted by atomic mass is 16.2. The molecule has 0 spiro atoms. The number of aromatic nitrogens is 3. The minimum absolute atomic E-state index is 0.00660. The third-order valence-corrected chi connectivity index (χ3v) is 5.29. The number of nitrogens with one attached hydrogen (secondary N) is 1. The van der Waals surface area contributed by atoms with Crippen LogP contribution in [-0.2, 0) is 0 Å². The Morgan fingerprint density at radius 3 is 2.50 bits per heavy atom. The van der Waals surface area contributed by atoms with Gasteiger partial charge in [0, 0.05) is 7.05 Å². The van der Waals surface area contributed by atoms with Crippen LogP contribution in [0.25, 0.3) is 0 Å². The highest BCUT2D eigenvalue weighted by molar-refractivity contribution is 5.93. The summed E-state index contributed by atoms with van der Waals surface area (Å²) in [6.07, 6.45) is 2.04. The van der Waals surface area contributed by atoms with Gasteiger partial charge in [-0.15, -0.1) is 5.10 Å². The molecule has 0 radical (unpaired) electrons. The lowest BCUT2D eigenvalue weighted by atomic mass is 9.94. The molecule has 6 heteroatoms. The van der Waals surface area contributed by atoms with E-state index in [1.54, 1.807) is 0 Å². The molecule has 1 N–H and O–H groups in total. The van der Waals surface area contributed by atoms with E-state index in [0.29, 0.717) is 17.7 Å². The lowest BCUT2D eigenvalue weighted by Gasteiger charge is -2.31. The molecule has 1 amide bonds. The van der Waals surface area contributed by atoms with Crippen molar-refractivity contribution in [3.63, 3.8) is 0 Å². The zero-order valence-electron chi connectivity index (χ0n) is 16.1. The molecule has 1 aromatic heterocycles. The average Bonchev–Trinajstić information content (AvgIpc) is 3.04. The van der Waals surface area contributed by atoms with Gasteiger partial charge in [-0.2, -0.15) is 0 Å². The zero-order valence-corrected chi connectivity index (χ0v) is 16.1. The van der Waals surface area contributed by atoms with E-state index in [2.05, 4.69) is 41.6 Å². The molecule has 1 unspecified atom stereocenters. The van der Waals surface area contributed by atoms with Gasteiger partial charge < -0.3 is 10.2 Å². The Labute approximate surface area is 155 Å². The van der Waals surface area contributed by atoms with E-state index in [1.807, 2.05) is 41.8 Å². The van der Waals surface area contributed by atoms with Crippen molar-refractivity contribution in [2.45, 2.75) is 45.7 Å². The molecule has 1 atom stereocenters. The van der Waals surface area contributed by atoms with Gasteiger partial charge in [-0.25, -0.2) is 4.68 Å². The summed E-state index contributed by atoms with van der Waals surface area (Å²) in [5, 5.41) is 11.9. The first-order valence-electron chi connectivity index (χ1n) is 9.45. The first-order chi connectivity index (χ1) is 12.5. The SMILES string of the molecule is Cc1c(C(=O)N(C)C(c2ccccc2)C(C)C)nnn1C1CCNCC1. The van der Waals surface area contributed by atoms with Crippen molar-refractivity contribution >= 4 is 5.91 Å². The van der Waals surface area contributed by atoms with E-state index >= 15 is 0 Å². The molecule has 3 rings (SSSR count). The van der Waals surface area contributed by atoms with Gasteiger partial charge in [-0.3, -0.25) is 4.79 Å². The van der Waals surface area contributed by atoms with Crippen LogP contribution in [0.15, 0.2) is 30.3 Å². The van der Waals surface area contributed by atoms with Crippen molar-refractivity contribution in [3.8, 4) is 0 Å². The van der Waals surface area contributed by atoms with Crippen molar-refractivity contribution in [1.82, 2.24) is 25.2 Å². The van der Waals surface area contributed by atoms with Crippen LogP contribution in [0.5, 0.6) is 0 Å². The van der Waals surface area contributed by atoms with Gasteiger partial charge in [0.2, 0.25) is 0 Å². The van der Waals surface area contributed by atoms with Crippen molar-refractivity contribution < 1.29 is 4.79 Å².